The van der Waals surface area contributed by atoms with Crippen molar-refractivity contribution in [1.82, 2.24) is 20.5 Å². The maximum atomic E-state index is 12.2. The Morgan fingerprint density at radius 1 is 1.35 bits per heavy atom. The van der Waals surface area contributed by atoms with Crippen LogP contribution >= 0.6 is 0 Å². The normalized spacial score (nSPS) is 17.2. The van der Waals surface area contributed by atoms with E-state index in [4.69, 9.17) is 0 Å². The molecule has 0 aromatic carbocycles. The highest BCUT2D eigenvalue weighted by molar-refractivity contribution is 5.96. The Balaban J connectivity index is 1.92. The van der Waals surface area contributed by atoms with Crippen LogP contribution in [0.4, 0.5) is 0 Å². The van der Waals surface area contributed by atoms with Crippen molar-refractivity contribution in [2.24, 2.45) is 5.92 Å². The van der Waals surface area contributed by atoms with Gasteiger partial charge in [-0.3, -0.25) is 14.4 Å². The number of hydrogen-bond donors (Lipinski definition) is 2. The van der Waals surface area contributed by atoms with Gasteiger partial charge in [0.25, 0.3) is 11.8 Å². The Morgan fingerprint density at radius 3 is 2.65 bits per heavy atom. The third-order valence-corrected chi connectivity index (χ3v) is 3.65. The Kier molecular flexibility index (Phi) is 5.67. The molecule has 2 N–H and O–H groups in total. The number of rotatable bonds is 6. The highest BCUT2D eigenvalue weighted by atomic mass is 16.2. The topological polar surface area (TPSA) is 91.4 Å². The minimum absolute atomic E-state index is 0.00455. The lowest BCUT2D eigenvalue weighted by molar-refractivity contribution is -0.117. The van der Waals surface area contributed by atoms with Gasteiger partial charge in [-0.2, -0.15) is 0 Å². The summed E-state index contributed by atoms with van der Waals surface area (Å²) in [6, 6.07) is 4.80. The van der Waals surface area contributed by atoms with Crippen LogP contribution in [0.1, 0.15) is 41.2 Å². The summed E-state index contributed by atoms with van der Waals surface area (Å²) in [6.45, 7) is 5.60. The molecule has 2 heterocycles. The van der Waals surface area contributed by atoms with Gasteiger partial charge in [-0.1, -0.05) is 6.07 Å². The third kappa shape index (κ3) is 4.77. The number of amides is 3. The molecule has 23 heavy (non-hydrogen) atoms. The first-order chi connectivity index (χ1) is 11.0. The molecule has 0 radical (unpaired) electrons. The summed E-state index contributed by atoms with van der Waals surface area (Å²) >= 11 is 0. The number of nitrogens with one attached hydrogen (secondary N) is 2. The molecule has 7 heteroatoms. The van der Waals surface area contributed by atoms with Crippen LogP contribution in [0.2, 0.25) is 0 Å². The zero-order valence-electron chi connectivity index (χ0n) is 13.4. The standard InChI is InChI=1S/C16H22N4O3/c1-11(2)18-16(23)14-5-3-4-13(19-14)15(22)17-8-12-6-7-20(9-12)10-21/h3-5,10-12H,6-9H2,1-2H3,(H,17,22)(H,18,23). The number of likely N-dealkylation sites (tertiary alicyclic amines) is 1. The van der Waals surface area contributed by atoms with Crippen LogP contribution in [0, 0.1) is 5.92 Å². The average molecular weight is 318 g/mol. The molecule has 0 aliphatic carbocycles. The van der Waals surface area contributed by atoms with Crippen molar-refractivity contribution in [1.29, 1.82) is 0 Å². The molecule has 0 saturated carbocycles. The predicted molar refractivity (Wildman–Crippen MR) is 84.9 cm³/mol. The van der Waals surface area contributed by atoms with E-state index in [0.29, 0.717) is 13.1 Å². The van der Waals surface area contributed by atoms with Gasteiger partial charge in [0.15, 0.2) is 0 Å². The van der Waals surface area contributed by atoms with E-state index >= 15 is 0 Å². The van der Waals surface area contributed by atoms with Crippen molar-refractivity contribution in [3.63, 3.8) is 0 Å². The van der Waals surface area contributed by atoms with Gasteiger partial charge in [-0.25, -0.2) is 4.98 Å². The van der Waals surface area contributed by atoms with Crippen molar-refractivity contribution in [3.8, 4) is 0 Å². The fourth-order valence-corrected chi connectivity index (χ4v) is 2.48. The zero-order chi connectivity index (χ0) is 16.8. The number of aromatic nitrogens is 1. The first kappa shape index (κ1) is 16.9. The summed E-state index contributed by atoms with van der Waals surface area (Å²) in [5.74, 6) is -0.350. The van der Waals surface area contributed by atoms with E-state index in [2.05, 4.69) is 15.6 Å². The van der Waals surface area contributed by atoms with Crippen molar-refractivity contribution in [2.75, 3.05) is 19.6 Å². The molecule has 1 fully saturated rings. The van der Waals surface area contributed by atoms with E-state index < -0.39 is 0 Å². The van der Waals surface area contributed by atoms with Gasteiger partial charge in [-0.15, -0.1) is 0 Å². The van der Waals surface area contributed by atoms with Crippen LogP contribution in [-0.4, -0.2) is 53.8 Å². The summed E-state index contributed by atoms with van der Waals surface area (Å²) in [5, 5.41) is 5.56. The van der Waals surface area contributed by atoms with Gasteiger partial charge in [-0.05, 0) is 38.3 Å². The zero-order valence-corrected chi connectivity index (χ0v) is 13.4. The number of pyridine rings is 1. The van der Waals surface area contributed by atoms with Crippen LogP contribution < -0.4 is 10.6 Å². The fraction of sp³-hybridized carbons (Fsp3) is 0.500. The number of carbonyl (C=O) groups excluding carboxylic acids is 3. The number of hydrogen-bond acceptors (Lipinski definition) is 4. The predicted octanol–water partition coefficient (Wildman–Crippen LogP) is 0.428. The first-order valence-corrected chi connectivity index (χ1v) is 7.75. The second-order valence-corrected chi connectivity index (χ2v) is 6.00. The smallest absolute Gasteiger partial charge is 0.270 e. The van der Waals surface area contributed by atoms with E-state index in [-0.39, 0.29) is 35.2 Å². The molecular weight excluding hydrogens is 296 g/mol. The SMILES string of the molecule is CC(C)NC(=O)c1cccc(C(=O)NCC2CCN(C=O)C2)n1. The summed E-state index contributed by atoms with van der Waals surface area (Å²) in [4.78, 5) is 40.6. The van der Waals surface area contributed by atoms with Gasteiger partial charge in [0.2, 0.25) is 6.41 Å². The van der Waals surface area contributed by atoms with E-state index in [0.717, 1.165) is 19.4 Å². The minimum atomic E-state index is -0.311. The molecule has 0 spiro atoms. The molecule has 124 valence electrons. The van der Waals surface area contributed by atoms with Crippen molar-refractivity contribution >= 4 is 18.2 Å². The quantitative estimate of drug-likeness (QED) is 0.744. The maximum Gasteiger partial charge on any atom is 0.270 e. The monoisotopic (exact) mass is 318 g/mol. The van der Waals surface area contributed by atoms with E-state index in [1.807, 2.05) is 13.8 Å². The minimum Gasteiger partial charge on any atom is -0.350 e. The molecule has 1 aliphatic rings. The Labute approximate surface area is 135 Å². The second kappa shape index (κ2) is 7.71. The molecule has 7 nitrogen and oxygen atoms in total. The van der Waals surface area contributed by atoms with Crippen LogP contribution in [0.5, 0.6) is 0 Å². The molecular formula is C16H22N4O3. The Bertz CT molecular complexity index is 588. The van der Waals surface area contributed by atoms with E-state index in [1.54, 1.807) is 23.1 Å². The summed E-state index contributed by atoms with van der Waals surface area (Å²) in [7, 11) is 0. The van der Waals surface area contributed by atoms with Crippen molar-refractivity contribution in [2.45, 2.75) is 26.3 Å². The molecule has 1 aromatic rings. The average Bonchev–Trinajstić information content (AvgIpc) is 3.00. The number of carbonyl (C=O) groups is 3. The second-order valence-electron chi connectivity index (χ2n) is 6.00. The van der Waals surface area contributed by atoms with Crippen LogP contribution in [-0.2, 0) is 4.79 Å². The first-order valence-electron chi connectivity index (χ1n) is 7.75. The van der Waals surface area contributed by atoms with Crippen LogP contribution in [0.15, 0.2) is 18.2 Å². The lowest BCUT2D eigenvalue weighted by Crippen LogP contribution is -2.33. The Hall–Kier alpha value is -2.44. The largest absolute Gasteiger partial charge is 0.350 e. The maximum absolute atomic E-state index is 12.2. The van der Waals surface area contributed by atoms with Gasteiger partial charge >= 0.3 is 0 Å². The van der Waals surface area contributed by atoms with Gasteiger partial charge in [0.05, 0.1) is 0 Å². The molecule has 1 aliphatic heterocycles. The van der Waals surface area contributed by atoms with E-state index in [1.165, 1.54) is 0 Å². The molecule has 1 saturated heterocycles. The highest BCUT2D eigenvalue weighted by Crippen LogP contribution is 2.13. The highest BCUT2D eigenvalue weighted by Gasteiger charge is 2.22. The number of nitrogens with zero attached hydrogens (tertiary/aromatic N) is 2. The molecule has 0 bridgehead atoms. The van der Waals surface area contributed by atoms with Crippen LogP contribution in [0.25, 0.3) is 0 Å². The lowest BCUT2D eigenvalue weighted by atomic mass is 10.1. The Morgan fingerprint density at radius 2 is 2.04 bits per heavy atom. The van der Waals surface area contributed by atoms with Crippen molar-refractivity contribution < 1.29 is 14.4 Å². The molecule has 1 atom stereocenters. The van der Waals surface area contributed by atoms with Crippen LogP contribution in [0.3, 0.4) is 0 Å². The fourth-order valence-electron chi connectivity index (χ4n) is 2.48. The summed E-state index contributed by atoms with van der Waals surface area (Å²) < 4.78 is 0. The van der Waals surface area contributed by atoms with E-state index in [9.17, 15) is 14.4 Å². The molecule has 1 unspecified atom stereocenters. The van der Waals surface area contributed by atoms with Gasteiger partial charge in [0.1, 0.15) is 11.4 Å². The van der Waals surface area contributed by atoms with Gasteiger partial charge < -0.3 is 15.5 Å². The summed E-state index contributed by atoms with van der Waals surface area (Å²) in [5.41, 5.74) is 0.436. The molecule has 1 aromatic heterocycles. The molecule has 2 rings (SSSR count). The summed E-state index contributed by atoms with van der Waals surface area (Å²) in [6.07, 6.45) is 1.71. The third-order valence-electron chi connectivity index (χ3n) is 3.65. The van der Waals surface area contributed by atoms with Gasteiger partial charge in [0, 0.05) is 25.7 Å². The molecule has 3 amide bonds. The lowest BCUT2D eigenvalue weighted by Gasteiger charge is -2.12. The van der Waals surface area contributed by atoms with Crippen molar-refractivity contribution in [3.05, 3.63) is 29.6 Å².